The first-order valence-corrected chi connectivity index (χ1v) is 6.41. The number of benzene rings is 1. The van der Waals surface area contributed by atoms with E-state index in [2.05, 4.69) is 4.72 Å². The lowest BCUT2D eigenvalue weighted by molar-refractivity contribution is 0.576. The maximum atomic E-state index is 11.8. The van der Waals surface area contributed by atoms with Crippen LogP contribution < -0.4 is 4.72 Å². The van der Waals surface area contributed by atoms with Gasteiger partial charge in [0.15, 0.2) is 0 Å². The van der Waals surface area contributed by atoms with Crippen LogP contribution >= 0.6 is 11.6 Å². The van der Waals surface area contributed by atoms with Crippen molar-refractivity contribution in [2.24, 2.45) is 0 Å². The maximum absolute atomic E-state index is 11.8. The van der Waals surface area contributed by atoms with Crippen LogP contribution in [0.2, 0.25) is 5.02 Å². The largest absolute Gasteiger partial charge is 0.241 e. The third kappa shape index (κ3) is 2.95. The summed E-state index contributed by atoms with van der Waals surface area (Å²) in [5.74, 6) is 0. The van der Waals surface area contributed by atoms with E-state index in [1.165, 1.54) is 19.1 Å². The van der Waals surface area contributed by atoms with Crippen molar-refractivity contribution in [1.82, 2.24) is 4.72 Å². The average Bonchev–Trinajstić information content (AvgIpc) is 2.16. The molecular formula is C10H11ClN2O2S. The summed E-state index contributed by atoms with van der Waals surface area (Å²) in [6.45, 7) is 3.13. The maximum Gasteiger partial charge on any atom is 0.241 e. The van der Waals surface area contributed by atoms with Gasteiger partial charge in [-0.25, -0.2) is 8.42 Å². The Morgan fingerprint density at radius 3 is 2.62 bits per heavy atom. The van der Waals surface area contributed by atoms with Crippen LogP contribution in [0.15, 0.2) is 23.1 Å². The molecule has 0 aliphatic carbocycles. The molecule has 0 spiro atoms. The monoisotopic (exact) mass is 258 g/mol. The summed E-state index contributed by atoms with van der Waals surface area (Å²) in [4.78, 5) is 0.138. The van der Waals surface area contributed by atoms with Gasteiger partial charge in [-0.2, -0.15) is 9.98 Å². The smallest absolute Gasteiger partial charge is 0.207 e. The lowest BCUT2D eigenvalue weighted by atomic mass is 10.2. The van der Waals surface area contributed by atoms with Crippen molar-refractivity contribution in [2.45, 2.75) is 24.8 Å². The van der Waals surface area contributed by atoms with Gasteiger partial charge in [0.1, 0.15) is 6.04 Å². The molecule has 0 aliphatic rings. The number of nitrogens with zero attached hydrogens (tertiary/aromatic N) is 1. The zero-order valence-corrected chi connectivity index (χ0v) is 10.4. The molecule has 1 N–H and O–H groups in total. The number of halogens is 1. The molecule has 1 aromatic carbocycles. The molecule has 0 heterocycles. The summed E-state index contributed by atoms with van der Waals surface area (Å²) in [6.07, 6.45) is 0. The van der Waals surface area contributed by atoms with Gasteiger partial charge in [-0.15, -0.1) is 0 Å². The van der Waals surface area contributed by atoms with Crippen LogP contribution in [0, 0.1) is 18.3 Å². The Morgan fingerprint density at radius 2 is 2.12 bits per heavy atom. The van der Waals surface area contributed by atoms with E-state index in [0.29, 0.717) is 10.6 Å². The Labute approximate surface area is 99.9 Å². The minimum absolute atomic E-state index is 0.138. The molecular weight excluding hydrogens is 248 g/mol. The molecule has 1 rings (SSSR count). The normalized spacial score (nSPS) is 13.1. The first-order valence-electron chi connectivity index (χ1n) is 4.55. The lowest BCUT2D eigenvalue weighted by Gasteiger charge is -2.10. The van der Waals surface area contributed by atoms with Gasteiger partial charge >= 0.3 is 0 Å². The second kappa shape index (κ2) is 4.83. The molecule has 16 heavy (non-hydrogen) atoms. The lowest BCUT2D eigenvalue weighted by Crippen LogP contribution is -2.31. The Hall–Kier alpha value is -1.09. The molecule has 0 aliphatic heterocycles. The van der Waals surface area contributed by atoms with Crippen molar-refractivity contribution < 1.29 is 8.42 Å². The standard InChI is InChI=1S/C10H11ClN2O2S/c1-7-5-9(11)3-4-10(7)16(14,15)13-8(2)6-12/h3-5,8,13H,1-2H3/t8-/m1/s1. The highest BCUT2D eigenvalue weighted by molar-refractivity contribution is 7.89. The SMILES string of the molecule is Cc1cc(Cl)ccc1S(=O)(=O)N[C@H](C)C#N. The van der Waals surface area contributed by atoms with Crippen molar-refractivity contribution in [3.8, 4) is 6.07 Å². The van der Waals surface area contributed by atoms with E-state index in [1.807, 2.05) is 0 Å². The molecule has 1 aromatic rings. The first kappa shape index (κ1) is 13.0. The van der Waals surface area contributed by atoms with E-state index in [4.69, 9.17) is 16.9 Å². The molecule has 0 fully saturated rings. The van der Waals surface area contributed by atoms with E-state index >= 15 is 0 Å². The minimum Gasteiger partial charge on any atom is -0.207 e. The van der Waals surface area contributed by atoms with Crippen molar-refractivity contribution in [3.05, 3.63) is 28.8 Å². The fraction of sp³-hybridized carbons (Fsp3) is 0.300. The number of hydrogen-bond acceptors (Lipinski definition) is 3. The zero-order valence-electron chi connectivity index (χ0n) is 8.86. The number of hydrogen-bond donors (Lipinski definition) is 1. The third-order valence-electron chi connectivity index (χ3n) is 1.95. The molecule has 0 aromatic heterocycles. The van der Waals surface area contributed by atoms with Gasteiger partial charge in [0.05, 0.1) is 11.0 Å². The molecule has 0 amide bonds. The van der Waals surface area contributed by atoms with Gasteiger partial charge in [-0.1, -0.05) is 11.6 Å². The zero-order chi connectivity index (χ0) is 12.3. The Bertz CT molecular complexity index is 534. The molecule has 0 unspecified atom stereocenters. The van der Waals surface area contributed by atoms with Crippen LogP contribution in [0.3, 0.4) is 0 Å². The van der Waals surface area contributed by atoms with Gasteiger partial charge in [-0.3, -0.25) is 0 Å². The number of rotatable bonds is 3. The van der Waals surface area contributed by atoms with E-state index in [1.54, 1.807) is 19.1 Å². The minimum atomic E-state index is -3.65. The quantitative estimate of drug-likeness (QED) is 0.899. The van der Waals surface area contributed by atoms with Crippen molar-refractivity contribution >= 4 is 21.6 Å². The van der Waals surface area contributed by atoms with Gasteiger partial charge in [0, 0.05) is 5.02 Å². The second-order valence-corrected chi connectivity index (χ2v) is 5.50. The molecule has 6 heteroatoms. The van der Waals surface area contributed by atoms with Crippen LogP contribution in [0.4, 0.5) is 0 Å². The predicted molar refractivity (Wildman–Crippen MR) is 61.6 cm³/mol. The molecule has 0 radical (unpaired) electrons. The Kier molecular flexibility index (Phi) is 3.92. The second-order valence-electron chi connectivity index (χ2n) is 3.38. The van der Waals surface area contributed by atoms with Crippen LogP contribution in [0.5, 0.6) is 0 Å². The molecule has 0 saturated carbocycles. The fourth-order valence-corrected chi connectivity index (χ4v) is 2.84. The van der Waals surface area contributed by atoms with Crippen molar-refractivity contribution in [3.63, 3.8) is 0 Å². The highest BCUT2D eigenvalue weighted by Crippen LogP contribution is 2.19. The van der Waals surface area contributed by atoms with E-state index < -0.39 is 16.1 Å². The first-order chi connectivity index (χ1) is 7.36. The molecule has 86 valence electrons. The van der Waals surface area contributed by atoms with Gasteiger partial charge in [0.25, 0.3) is 0 Å². The summed E-state index contributed by atoms with van der Waals surface area (Å²) >= 11 is 5.73. The number of sulfonamides is 1. The van der Waals surface area contributed by atoms with Crippen LogP contribution in [-0.2, 0) is 10.0 Å². The van der Waals surface area contributed by atoms with Crippen LogP contribution in [-0.4, -0.2) is 14.5 Å². The topological polar surface area (TPSA) is 70.0 Å². The summed E-state index contributed by atoms with van der Waals surface area (Å²) < 4.78 is 25.9. The Morgan fingerprint density at radius 1 is 1.50 bits per heavy atom. The molecule has 0 bridgehead atoms. The van der Waals surface area contributed by atoms with E-state index in [-0.39, 0.29) is 4.90 Å². The van der Waals surface area contributed by atoms with E-state index in [9.17, 15) is 8.42 Å². The van der Waals surface area contributed by atoms with Gasteiger partial charge < -0.3 is 0 Å². The Balaban J connectivity index is 3.14. The van der Waals surface area contributed by atoms with Crippen LogP contribution in [0.25, 0.3) is 0 Å². The molecule has 1 atom stereocenters. The number of nitriles is 1. The third-order valence-corrected chi connectivity index (χ3v) is 3.89. The highest BCUT2D eigenvalue weighted by Gasteiger charge is 2.19. The molecule has 0 saturated heterocycles. The summed E-state index contributed by atoms with van der Waals surface area (Å²) in [5, 5.41) is 9.04. The fourth-order valence-electron chi connectivity index (χ4n) is 1.24. The van der Waals surface area contributed by atoms with E-state index in [0.717, 1.165) is 0 Å². The highest BCUT2D eigenvalue weighted by atomic mass is 35.5. The van der Waals surface area contributed by atoms with Crippen molar-refractivity contribution in [2.75, 3.05) is 0 Å². The van der Waals surface area contributed by atoms with Crippen molar-refractivity contribution in [1.29, 1.82) is 5.26 Å². The molecule has 4 nitrogen and oxygen atoms in total. The number of nitrogens with one attached hydrogen (secondary N) is 1. The van der Waals surface area contributed by atoms with Gasteiger partial charge in [-0.05, 0) is 37.6 Å². The van der Waals surface area contributed by atoms with Gasteiger partial charge in [0.2, 0.25) is 10.0 Å². The van der Waals surface area contributed by atoms with Crippen LogP contribution in [0.1, 0.15) is 12.5 Å². The number of aryl methyl sites for hydroxylation is 1. The average molecular weight is 259 g/mol. The summed E-state index contributed by atoms with van der Waals surface area (Å²) in [7, 11) is -3.65. The summed E-state index contributed by atoms with van der Waals surface area (Å²) in [6, 6.07) is 5.53. The predicted octanol–water partition coefficient (Wildman–Crippen LogP) is 1.84. The summed E-state index contributed by atoms with van der Waals surface area (Å²) in [5.41, 5.74) is 0.546.